The van der Waals surface area contributed by atoms with Crippen molar-refractivity contribution >= 4 is 27.6 Å². The maximum absolute atomic E-state index is 14.5. The molecule has 1 saturated heterocycles. The van der Waals surface area contributed by atoms with Crippen molar-refractivity contribution in [1.29, 1.82) is 5.41 Å². The number of sulfonamides is 1. The molecule has 2 aromatic rings. The van der Waals surface area contributed by atoms with Crippen LogP contribution in [-0.2, 0) is 15.6 Å². The number of nitrogens with zero attached hydrogens (tertiary/aromatic N) is 2. The van der Waals surface area contributed by atoms with Crippen molar-refractivity contribution in [3.63, 3.8) is 0 Å². The Bertz CT molecular complexity index is 1060. The van der Waals surface area contributed by atoms with Crippen LogP contribution in [0.1, 0.15) is 28.5 Å². The summed E-state index contributed by atoms with van der Waals surface area (Å²) in [5.41, 5.74) is 0.0586. The number of aromatic nitrogens is 1. The summed E-state index contributed by atoms with van der Waals surface area (Å²) in [6, 6.07) is 7.21. The molecular weight excluding hydrogens is 385 g/mol. The lowest BCUT2D eigenvalue weighted by Gasteiger charge is -2.40. The molecule has 8 nitrogen and oxygen atoms in total. The molecule has 1 aromatic heterocycles. The Hall–Kier alpha value is -3.01. The summed E-state index contributed by atoms with van der Waals surface area (Å²) in [4.78, 5) is 16.4. The summed E-state index contributed by atoms with van der Waals surface area (Å²) < 4.78 is 40.0. The van der Waals surface area contributed by atoms with Crippen LogP contribution in [0.25, 0.3) is 0 Å². The van der Waals surface area contributed by atoms with Crippen LogP contribution in [0.3, 0.4) is 0 Å². The number of pyridine rings is 1. The van der Waals surface area contributed by atoms with Gasteiger partial charge in [-0.3, -0.25) is 15.2 Å². The number of hydrogen-bond donors (Lipinski definition) is 3. The number of guanidine groups is 1. The van der Waals surface area contributed by atoms with E-state index in [-0.39, 0.29) is 22.9 Å². The molecular formula is C18H20FN5O3S. The van der Waals surface area contributed by atoms with Crippen LogP contribution in [0, 0.1) is 18.2 Å². The smallest absolute Gasteiger partial charge is 0.274 e. The highest BCUT2D eigenvalue weighted by atomic mass is 32.2. The van der Waals surface area contributed by atoms with E-state index in [0.717, 1.165) is 15.9 Å². The normalized spacial score (nSPS) is 21.1. The molecule has 148 valence electrons. The van der Waals surface area contributed by atoms with E-state index in [1.165, 1.54) is 26.1 Å². The second-order valence-corrected chi connectivity index (χ2v) is 8.90. The fourth-order valence-corrected chi connectivity index (χ4v) is 4.42. The zero-order valence-corrected chi connectivity index (χ0v) is 16.4. The molecule has 3 rings (SSSR count). The summed E-state index contributed by atoms with van der Waals surface area (Å²) in [5.74, 6) is -1.91. The van der Waals surface area contributed by atoms with Crippen molar-refractivity contribution in [3.05, 3.63) is 59.2 Å². The predicted molar refractivity (Wildman–Crippen MR) is 103 cm³/mol. The molecule has 28 heavy (non-hydrogen) atoms. The lowest BCUT2D eigenvalue weighted by Crippen LogP contribution is -2.61. The molecule has 0 spiro atoms. The largest absolute Gasteiger partial charge is 0.345 e. The zero-order chi connectivity index (χ0) is 20.7. The highest BCUT2D eigenvalue weighted by Gasteiger charge is 2.43. The topological polar surface area (TPSA) is 115 Å². The average molecular weight is 405 g/mol. The molecule has 1 atom stereocenters. The van der Waals surface area contributed by atoms with Gasteiger partial charge in [-0.25, -0.2) is 17.1 Å². The van der Waals surface area contributed by atoms with E-state index in [4.69, 9.17) is 5.41 Å². The summed E-state index contributed by atoms with van der Waals surface area (Å²) in [6.07, 6.45) is 1.56. The first-order valence-corrected chi connectivity index (χ1v) is 10.0. The second kappa shape index (κ2) is 6.86. The molecule has 0 bridgehead atoms. The Morgan fingerprint density at radius 1 is 1.36 bits per heavy atom. The third kappa shape index (κ3) is 3.68. The van der Waals surface area contributed by atoms with Gasteiger partial charge in [0, 0.05) is 24.5 Å². The van der Waals surface area contributed by atoms with Crippen molar-refractivity contribution in [2.24, 2.45) is 0 Å². The standard InChI is InChI=1S/C18H20FN5O3S/c1-11-4-7-15(21-9-11)16(25)22-12-5-6-14(19)13(8-12)18(2)10-28(26,27)24(3)17(20)23-18/h4-9H,10H2,1-3H3,(H2,20,23)(H,22,25)/t18-/m0/s1. The molecule has 0 aliphatic carbocycles. The molecule has 1 amide bonds. The fraction of sp³-hybridized carbons (Fsp3) is 0.278. The van der Waals surface area contributed by atoms with Crippen LogP contribution in [0.15, 0.2) is 36.5 Å². The minimum Gasteiger partial charge on any atom is -0.345 e. The van der Waals surface area contributed by atoms with Crippen LogP contribution in [0.4, 0.5) is 10.1 Å². The summed E-state index contributed by atoms with van der Waals surface area (Å²) in [5, 5.41) is 13.2. The number of hydrogen-bond acceptors (Lipinski definition) is 5. The Labute approximate surface area is 162 Å². The predicted octanol–water partition coefficient (Wildman–Crippen LogP) is 1.80. The molecule has 1 aliphatic heterocycles. The Balaban J connectivity index is 1.92. The van der Waals surface area contributed by atoms with Crippen LogP contribution < -0.4 is 10.6 Å². The number of amides is 1. The lowest BCUT2D eigenvalue weighted by atomic mass is 9.93. The molecule has 10 heteroatoms. The van der Waals surface area contributed by atoms with Crippen molar-refractivity contribution in [2.45, 2.75) is 19.4 Å². The van der Waals surface area contributed by atoms with Gasteiger partial charge in [-0.1, -0.05) is 6.07 Å². The average Bonchev–Trinajstić information content (AvgIpc) is 2.61. The quantitative estimate of drug-likeness (QED) is 0.720. The van der Waals surface area contributed by atoms with E-state index in [1.54, 1.807) is 18.3 Å². The van der Waals surface area contributed by atoms with Gasteiger partial charge in [0.1, 0.15) is 11.5 Å². The van der Waals surface area contributed by atoms with E-state index in [2.05, 4.69) is 15.6 Å². The van der Waals surface area contributed by atoms with Gasteiger partial charge in [0.2, 0.25) is 16.0 Å². The minimum absolute atomic E-state index is 0.0311. The first-order chi connectivity index (χ1) is 13.0. The van der Waals surface area contributed by atoms with Gasteiger partial charge in [0.25, 0.3) is 5.91 Å². The summed E-state index contributed by atoms with van der Waals surface area (Å²) in [6.45, 7) is 3.35. The Morgan fingerprint density at radius 2 is 2.07 bits per heavy atom. The lowest BCUT2D eigenvalue weighted by molar-refractivity contribution is 0.102. The monoisotopic (exact) mass is 405 g/mol. The molecule has 0 radical (unpaired) electrons. The Morgan fingerprint density at radius 3 is 2.68 bits per heavy atom. The number of halogens is 1. The van der Waals surface area contributed by atoms with Crippen molar-refractivity contribution < 1.29 is 17.6 Å². The second-order valence-electron chi connectivity index (χ2n) is 6.90. The first kappa shape index (κ1) is 19.7. The Kier molecular flexibility index (Phi) is 4.84. The van der Waals surface area contributed by atoms with E-state index >= 15 is 0 Å². The number of nitrogens with one attached hydrogen (secondary N) is 3. The van der Waals surface area contributed by atoms with Gasteiger partial charge >= 0.3 is 0 Å². The summed E-state index contributed by atoms with van der Waals surface area (Å²) >= 11 is 0. The molecule has 1 aliphatic rings. The fourth-order valence-electron chi connectivity index (χ4n) is 2.95. The van der Waals surface area contributed by atoms with E-state index in [1.807, 2.05) is 6.92 Å². The highest BCUT2D eigenvalue weighted by molar-refractivity contribution is 7.89. The van der Waals surface area contributed by atoms with Crippen LogP contribution in [-0.4, -0.2) is 42.4 Å². The van der Waals surface area contributed by atoms with Gasteiger partial charge in [0.15, 0.2) is 0 Å². The van der Waals surface area contributed by atoms with Crippen molar-refractivity contribution in [2.75, 3.05) is 18.1 Å². The van der Waals surface area contributed by atoms with Gasteiger partial charge in [0.05, 0.1) is 11.3 Å². The van der Waals surface area contributed by atoms with Crippen LogP contribution >= 0.6 is 0 Å². The molecule has 1 aromatic carbocycles. The highest BCUT2D eigenvalue weighted by Crippen LogP contribution is 2.31. The van der Waals surface area contributed by atoms with Crippen LogP contribution in [0.5, 0.6) is 0 Å². The first-order valence-electron chi connectivity index (χ1n) is 8.39. The van der Waals surface area contributed by atoms with E-state index < -0.39 is 33.0 Å². The SMILES string of the molecule is Cc1ccc(C(=O)Nc2ccc(F)c([C@]3(C)CS(=O)(=O)N(C)C(=N)N3)c2)nc1. The molecule has 2 heterocycles. The molecule has 0 saturated carbocycles. The number of carbonyl (C=O) groups is 1. The van der Waals surface area contributed by atoms with E-state index in [9.17, 15) is 17.6 Å². The van der Waals surface area contributed by atoms with Gasteiger partial charge in [-0.15, -0.1) is 0 Å². The maximum atomic E-state index is 14.5. The van der Waals surface area contributed by atoms with Gasteiger partial charge in [-0.2, -0.15) is 0 Å². The van der Waals surface area contributed by atoms with Crippen molar-refractivity contribution in [1.82, 2.24) is 14.6 Å². The number of rotatable bonds is 3. The third-order valence-electron chi connectivity index (χ3n) is 4.56. The van der Waals surface area contributed by atoms with Crippen molar-refractivity contribution in [3.8, 4) is 0 Å². The maximum Gasteiger partial charge on any atom is 0.274 e. The number of aryl methyl sites for hydroxylation is 1. The number of anilines is 1. The minimum atomic E-state index is -3.78. The van der Waals surface area contributed by atoms with E-state index in [0.29, 0.717) is 0 Å². The van der Waals surface area contributed by atoms with Gasteiger partial charge < -0.3 is 10.6 Å². The number of benzene rings is 1. The third-order valence-corrected chi connectivity index (χ3v) is 6.52. The zero-order valence-electron chi connectivity index (χ0n) is 15.6. The van der Waals surface area contributed by atoms with Crippen LogP contribution in [0.2, 0.25) is 0 Å². The molecule has 1 fully saturated rings. The molecule has 3 N–H and O–H groups in total. The summed E-state index contributed by atoms with van der Waals surface area (Å²) in [7, 11) is -2.53. The number of carbonyl (C=O) groups excluding carboxylic acids is 1. The van der Waals surface area contributed by atoms with Gasteiger partial charge in [-0.05, 0) is 43.7 Å². The molecule has 0 unspecified atom stereocenters.